The minimum absolute atomic E-state index is 0.0287. The number of likely N-dealkylation sites (tertiary alicyclic amines) is 1. The summed E-state index contributed by atoms with van der Waals surface area (Å²) in [5, 5.41) is 4.78. The van der Waals surface area contributed by atoms with Crippen LogP contribution in [0.4, 0.5) is 13.2 Å². The highest BCUT2D eigenvalue weighted by Crippen LogP contribution is 2.29. The molecule has 0 unspecified atom stereocenters. The maximum atomic E-state index is 12.7. The maximum absolute atomic E-state index is 12.7. The lowest BCUT2D eigenvalue weighted by Crippen LogP contribution is -2.44. The average Bonchev–Trinajstić information content (AvgIpc) is 3.24. The molecule has 0 spiro atoms. The number of aryl methyl sites for hydroxylation is 1. The smallest absolute Gasteiger partial charge is 0.416 e. The SMILES string of the molecule is CN(CC(=O)N1CCCCC1)C(=O)COc1cc2cc(/C=N/OCc3ccc(C(F)(F)F)cc3)ccc2n1C. The standard InChI is InChI=1S/C28H31F3N4O4/c1-33(17-25(36)35-12-4-3-5-13-35)26(37)19-38-27-15-22-14-21(8-11-24(22)34(27)2)16-32-39-18-20-6-9-23(10-7-20)28(29,30)31/h6-11,14-16H,3-5,12-13,17-19H2,1-2H3/b32-16+. The number of benzene rings is 2. The molecule has 0 aliphatic carbocycles. The molecule has 208 valence electrons. The van der Waals surface area contributed by atoms with Crippen LogP contribution in [0.2, 0.25) is 0 Å². The van der Waals surface area contributed by atoms with Crippen LogP contribution in [0.15, 0.2) is 53.7 Å². The van der Waals surface area contributed by atoms with Gasteiger partial charge in [0.1, 0.15) is 6.61 Å². The first kappa shape index (κ1) is 28.0. The number of likely N-dealkylation sites (N-methyl/N-ethyl adjacent to an activating group) is 1. The lowest BCUT2D eigenvalue weighted by Gasteiger charge is -2.28. The minimum atomic E-state index is -4.38. The van der Waals surface area contributed by atoms with Gasteiger partial charge in [0.15, 0.2) is 12.5 Å². The van der Waals surface area contributed by atoms with Gasteiger partial charge >= 0.3 is 6.18 Å². The minimum Gasteiger partial charge on any atom is -0.469 e. The van der Waals surface area contributed by atoms with Crippen molar-refractivity contribution in [1.29, 1.82) is 0 Å². The van der Waals surface area contributed by atoms with Crippen molar-refractivity contribution in [3.05, 3.63) is 65.2 Å². The Morgan fingerprint density at radius 1 is 1.05 bits per heavy atom. The molecule has 0 N–H and O–H groups in total. The van der Waals surface area contributed by atoms with Crippen molar-refractivity contribution in [2.45, 2.75) is 32.0 Å². The number of alkyl halides is 3. The van der Waals surface area contributed by atoms with Gasteiger partial charge in [0, 0.05) is 38.6 Å². The number of aromatic nitrogens is 1. The molecule has 2 amide bonds. The number of rotatable bonds is 9. The lowest BCUT2D eigenvalue weighted by atomic mass is 10.1. The molecule has 1 saturated heterocycles. The number of ether oxygens (including phenoxy) is 1. The van der Waals surface area contributed by atoms with E-state index in [9.17, 15) is 22.8 Å². The van der Waals surface area contributed by atoms with E-state index in [0.29, 0.717) is 11.4 Å². The summed E-state index contributed by atoms with van der Waals surface area (Å²) in [4.78, 5) is 33.4. The van der Waals surface area contributed by atoms with E-state index in [1.54, 1.807) is 11.9 Å². The fraction of sp³-hybridized carbons (Fsp3) is 0.393. The van der Waals surface area contributed by atoms with Gasteiger partial charge < -0.3 is 23.9 Å². The Hall–Kier alpha value is -4.02. The first-order chi connectivity index (χ1) is 18.6. The van der Waals surface area contributed by atoms with Crippen molar-refractivity contribution >= 4 is 28.9 Å². The Labute approximate surface area is 224 Å². The zero-order valence-electron chi connectivity index (χ0n) is 21.9. The molecule has 0 bridgehead atoms. The Morgan fingerprint density at radius 2 is 1.77 bits per heavy atom. The largest absolute Gasteiger partial charge is 0.469 e. The van der Waals surface area contributed by atoms with E-state index < -0.39 is 11.7 Å². The number of fused-ring (bicyclic) bond motifs is 1. The van der Waals surface area contributed by atoms with Gasteiger partial charge in [0.2, 0.25) is 5.91 Å². The van der Waals surface area contributed by atoms with Gasteiger partial charge in [-0.2, -0.15) is 13.2 Å². The molecule has 39 heavy (non-hydrogen) atoms. The summed E-state index contributed by atoms with van der Waals surface area (Å²) in [5.41, 5.74) is 1.48. The van der Waals surface area contributed by atoms with Crippen molar-refractivity contribution in [3.8, 4) is 5.88 Å². The highest BCUT2D eigenvalue weighted by Gasteiger charge is 2.30. The van der Waals surface area contributed by atoms with Crippen molar-refractivity contribution in [2.24, 2.45) is 12.2 Å². The summed E-state index contributed by atoms with van der Waals surface area (Å²) in [6.45, 7) is 1.35. The maximum Gasteiger partial charge on any atom is 0.416 e. The van der Waals surface area contributed by atoms with Crippen molar-refractivity contribution in [2.75, 3.05) is 33.3 Å². The number of amides is 2. The molecule has 2 aromatic carbocycles. The Bertz CT molecular complexity index is 1330. The average molecular weight is 545 g/mol. The number of hydrogen-bond donors (Lipinski definition) is 0. The normalized spacial score (nSPS) is 14.1. The van der Waals surface area contributed by atoms with Gasteiger partial charge in [-0.25, -0.2) is 0 Å². The van der Waals surface area contributed by atoms with Crippen LogP contribution in [0.3, 0.4) is 0 Å². The van der Waals surface area contributed by atoms with Crippen LogP contribution in [-0.2, 0) is 34.3 Å². The Morgan fingerprint density at radius 3 is 2.46 bits per heavy atom. The number of nitrogens with zero attached hydrogens (tertiary/aromatic N) is 4. The molecule has 8 nitrogen and oxygen atoms in total. The number of halogens is 3. The van der Waals surface area contributed by atoms with Gasteiger partial charge in [-0.05, 0) is 54.7 Å². The van der Waals surface area contributed by atoms with E-state index in [4.69, 9.17) is 9.57 Å². The highest BCUT2D eigenvalue weighted by molar-refractivity contribution is 5.90. The molecule has 1 aliphatic heterocycles. The van der Waals surface area contributed by atoms with E-state index in [2.05, 4.69) is 5.16 Å². The predicted octanol–water partition coefficient (Wildman–Crippen LogP) is 4.60. The molecule has 11 heteroatoms. The number of hydrogen-bond acceptors (Lipinski definition) is 5. The fourth-order valence-electron chi connectivity index (χ4n) is 4.34. The van der Waals surface area contributed by atoms with E-state index >= 15 is 0 Å². The van der Waals surface area contributed by atoms with Gasteiger partial charge in [-0.15, -0.1) is 0 Å². The zero-order chi connectivity index (χ0) is 28.0. The number of oxime groups is 1. The number of carbonyl (C=O) groups is 2. The van der Waals surface area contributed by atoms with E-state index in [-0.39, 0.29) is 31.6 Å². The van der Waals surface area contributed by atoms with Crippen molar-refractivity contribution < 1.29 is 32.3 Å². The molecule has 0 atom stereocenters. The van der Waals surface area contributed by atoms with E-state index in [0.717, 1.165) is 61.0 Å². The number of piperidine rings is 1. The highest BCUT2D eigenvalue weighted by atomic mass is 19.4. The van der Waals surface area contributed by atoms with Crippen LogP contribution in [-0.4, -0.2) is 65.7 Å². The predicted molar refractivity (Wildman–Crippen MR) is 140 cm³/mol. The summed E-state index contributed by atoms with van der Waals surface area (Å²) in [6.07, 6.45) is 0.255. The summed E-state index contributed by atoms with van der Waals surface area (Å²) in [5.74, 6) is 0.165. The first-order valence-electron chi connectivity index (χ1n) is 12.7. The Balaban J connectivity index is 1.29. The summed E-state index contributed by atoms with van der Waals surface area (Å²) < 4.78 is 45.6. The second-order valence-electron chi connectivity index (χ2n) is 9.54. The van der Waals surface area contributed by atoms with Crippen LogP contribution in [0.25, 0.3) is 10.9 Å². The van der Waals surface area contributed by atoms with E-state index in [1.807, 2.05) is 35.9 Å². The fourth-order valence-corrected chi connectivity index (χ4v) is 4.34. The molecule has 2 heterocycles. The quantitative estimate of drug-likeness (QED) is 0.292. The molecule has 1 aliphatic rings. The molecule has 0 saturated carbocycles. The third-order valence-electron chi connectivity index (χ3n) is 6.66. The third kappa shape index (κ3) is 7.30. The van der Waals surface area contributed by atoms with Crippen LogP contribution < -0.4 is 4.74 Å². The Kier molecular flexibility index (Phi) is 8.78. The topological polar surface area (TPSA) is 76.4 Å². The van der Waals surface area contributed by atoms with Crippen LogP contribution in [0.5, 0.6) is 5.88 Å². The summed E-state index contributed by atoms with van der Waals surface area (Å²) in [7, 11) is 3.42. The van der Waals surface area contributed by atoms with E-state index in [1.165, 1.54) is 23.2 Å². The second-order valence-corrected chi connectivity index (χ2v) is 9.54. The zero-order valence-corrected chi connectivity index (χ0v) is 21.9. The summed E-state index contributed by atoms with van der Waals surface area (Å²) in [6, 6.07) is 12.1. The molecule has 4 rings (SSSR count). The molecular weight excluding hydrogens is 513 g/mol. The monoisotopic (exact) mass is 544 g/mol. The molecule has 0 radical (unpaired) electrons. The molecule has 1 aromatic heterocycles. The first-order valence-corrected chi connectivity index (χ1v) is 12.7. The molecular formula is C28H31F3N4O4. The second kappa shape index (κ2) is 12.2. The molecule has 1 fully saturated rings. The van der Waals surface area contributed by atoms with Crippen LogP contribution in [0.1, 0.15) is 36.0 Å². The van der Waals surface area contributed by atoms with Crippen LogP contribution >= 0.6 is 0 Å². The number of carbonyl (C=O) groups excluding carboxylic acids is 2. The van der Waals surface area contributed by atoms with Crippen LogP contribution in [0, 0.1) is 0 Å². The third-order valence-corrected chi connectivity index (χ3v) is 6.66. The molecule has 3 aromatic rings. The summed E-state index contributed by atoms with van der Waals surface area (Å²) >= 11 is 0. The van der Waals surface area contributed by atoms with Crippen molar-refractivity contribution in [1.82, 2.24) is 14.4 Å². The van der Waals surface area contributed by atoms with Crippen molar-refractivity contribution in [3.63, 3.8) is 0 Å². The van der Waals surface area contributed by atoms with Gasteiger partial charge in [0.25, 0.3) is 5.91 Å². The van der Waals surface area contributed by atoms with Gasteiger partial charge in [0.05, 0.1) is 23.8 Å². The van der Waals surface area contributed by atoms with Gasteiger partial charge in [-0.3, -0.25) is 9.59 Å². The van der Waals surface area contributed by atoms with Gasteiger partial charge in [-0.1, -0.05) is 23.4 Å². The lowest BCUT2D eigenvalue weighted by molar-refractivity contribution is -0.141.